The van der Waals surface area contributed by atoms with E-state index in [4.69, 9.17) is 0 Å². The van der Waals surface area contributed by atoms with Crippen LogP contribution in [0.5, 0.6) is 0 Å². The first-order chi connectivity index (χ1) is 8.52. The van der Waals surface area contributed by atoms with E-state index in [1.54, 1.807) is 20.9 Å². The van der Waals surface area contributed by atoms with Crippen LogP contribution in [0.4, 0.5) is 0 Å². The Hall–Kier alpha value is -0.390. The van der Waals surface area contributed by atoms with Crippen molar-refractivity contribution in [1.29, 1.82) is 0 Å². The Labute approximate surface area is 124 Å². The lowest BCUT2D eigenvalue weighted by Gasteiger charge is -2.34. The number of nitrogens with one attached hydrogen (secondary N) is 1. The van der Waals surface area contributed by atoms with Gasteiger partial charge in [-0.2, -0.15) is 0 Å². The monoisotopic (exact) mass is 347 g/mol. The second-order valence-electron chi connectivity index (χ2n) is 5.56. The zero-order valence-corrected chi connectivity index (χ0v) is 14.7. The topological polar surface area (TPSA) is 46.2 Å². The zero-order chi connectivity index (χ0) is 15.0. The molecule has 0 aliphatic rings. The number of hydrogen-bond acceptors (Lipinski definition) is 3. The minimum absolute atomic E-state index is 0.241. The highest BCUT2D eigenvalue weighted by Crippen LogP contribution is 2.35. The first-order valence-corrected chi connectivity index (χ1v) is 8.84. The van der Waals surface area contributed by atoms with Crippen molar-refractivity contribution in [2.24, 2.45) is 0 Å². The molecule has 1 aromatic carbocycles. The van der Waals surface area contributed by atoms with Crippen LogP contribution in [0.1, 0.15) is 36.6 Å². The van der Waals surface area contributed by atoms with Crippen LogP contribution in [0.3, 0.4) is 0 Å². The van der Waals surface area contributed by atoms with E-state index in [-0.39, 0.29) is 6.04 Å². The van der Waals surface area contributed by atoms with Crippen molar-refractivity contribution in [1.82, 2.24) is 5.32 Å². The van der Waals surface area contributed by atoms with Crippen LogP contribution in [0, 0.1) is 13.8 Å². The van der Waals surface area contributed by atoms with Crippen LogP contribution in [0.25, 0.3) is 0 Å². The van der Waals surface area contributed by atoms with Crippen LogP contribution in [0.15, 0.2) is 16.6 Å². The summed E-state index contributed by atoms with van der Waals surface area (Å²) < 4.78 is 24.3. The molecule has 1 rings (SSSR count). The predicted molar refractivity (Wildman–Crippen MR) is 84.3 cm³/mol. The average molecular weight is 348 g/mol. The molecule has 0 spiro atoms. The zero-order valence-electron chi connectivity index (χ0n) is 12.3. The largest absolute Gasteiger partial charge is 0.312 e. The number of hydrogen-bond donors (Lipinski definition) is 1. The van der Waals surface area contributed by atoms with Gasteiger partial charge in [0.25, 0.3) is 0 Å². The van der Waals surface area contributed by atoms with Crippen LogP contribution in [-0.2, 0) is 9.84 Å². The lowest BCUT2D eigenvalue weighted by molar-refractivity contribution is 0.444. The molecule has 0 heterocycles. The number of aryl methyl sites for hydroxylation is 2. The van der Waals surface area contributed by atoms with E-state index in [1.165, 1.54) is 6.26 Å². The molecule has 0 saturated heterocycles. The maximum absolute atomic E-state index is 12.0. The Bertz CT molecular complexity index is 579. The molecule has 5 heteroatoms. The van der Waals surface area contributed by atoms with E-state index in [9.17, 15) is 8.42 Å². The molecule has 0 saturated carbocycles. The van der Waals surface area contributed by atoms with Gasteiger partial charge in [0.2, 0.25) is 0 Å². The molecule has 0 aliphatic heterocycles. The highest BCUT2D eigenvalue weighted by molar-refractivity contribution is 9.10. The Morgan fingerprint density at radius 2 is 1.74 bits per heavy atom. The molecule has 108 valence electrons. The van der Waals surface area contributed by atoms with Crippen LogP contribution in [-0.4, -0.2) is 26.5 Å². The van der Waals surface area contributed by atoms with Crippen molar-refractivity contribution in [3.05, 3.63) is 33.3 Å². The Morgan fingerprint density at radius 1 is 1.21 bits per heavy atom. The second-order valence-corrected chi connectivity index (χ2v) is 9.01. The Kier molecular flexibility index (Phi) is 4.86. The Balaban J connectivity index is 3.45. The second kappa shape index (κ2) is 5.54. The van der Waals surface area contributed by atoms with Gasteiger partial charge in [-0.3, -0.25) is 0 Å². The highest BCUT2D eigenvalue weighted by Gasteiger charge is 2.39. The molecule has 0 fully saturated rings. The van der Waals surface area contributed by atoms with Crippen molar-refractivity contribution >= 4 is 25.8 Å². The maximum atomic E-state index is 12.0. The summed E-state index contributed by atoms with van der Waals surface area (Å²) in [6, 6.07) is 3.84. The summed E-state index contributed by atoms with van der Waals surface area (Å²) in [6.45, 7) is 7.54. The van der Waals surface area contributed by atoms with E-state index in [0.29, 0.717) is 0 Å². The Morgan fingerprint density at radius 3 is 2.16 bits per heavy atom. The predicted octanol–water partition coefficient (Wildman–Crippen LogP) is 3.15. The molecule has 0 amide bonds. The van der Waals surface area contributed by atoms with Gasteiger partial charge in [0.15, 0.2) is 9.84 Å². The fraction of sp³-hybridized carbons (Fsp3) is 0.571. The van der Waals surface area contributed by atoms with Gasteiger partial charge in [-0.1, -0.05) is 22.0 Å². The molecular weight excluding hydrogens is 326 g/mol. The fourth-order valence-electron chi connectivity index (χ4n) is 2.21. The molecule has 0 aliphatic carbocycles. The van der Waals surface area contributed by atoms with Crippen molar-refractivity contribution < 1.29 is 8.42 Å². The quantitative estimate of drug-likeness (QED) is 0.909. The third-order valence-corrected chi connectivity index (χ3v) is 6.80. The van der Waals surface area contributed by atoms with E-state index in [0.717, 1.165) is 21.2 Å². The van der Waals surface area contributed by atoms with E-state index in [1.807, 2.05) is 26.0 Å². The van der Waals surface area contributed by atoms with Gasteiger partial charge < -0.3 is 5.32 Å². The summed E-state index contributed by atoms with van der Waals surface area (Å²) in [7, 11) is -1.38. The highest BCUT2D eigenvalue weighted by atomic mass is 79.9. The van der Waals surface area contributed by atoms with Crippen molar-refractivity contribution in [2.45, 2.75) is 38.5 Å². The van der Waals surface area contributed by atoms with E-state index < -0.39 is 14.6 Å². The van der Waals surface area contributed by atoms with Crippen molar-refractivity contribution in [3.63, 3.8) is 0 Å². The number of sulfone groups is 1. The van der Waals surface area contributed by atoms with Gasteiger partial charge in [-0.25, -0.2) is 8.42 Å². The lowest BCUT2D eigenvalue weighted by Crippen LogP contribution is -2.44. The summed E-state index contributed by atoms with van der Waals surface area (Å²) >= 11 is 3.50. The number of benzene rings is 1. The lowest BCUT2D eigenvalue weighted by atomic mass is 9.91. The van der Waals surface area contributed by atoms with E-state index >= 15 is 0 Å². The first kappa shape index (κ1) is 16.7. The summed E-state index contributed by atoms with van der Waals surface area (Å²) in [5.74, 6) is 0. The molecule has 1 atom stereocenters. The van der Waals surface area contributed by atoms with Gasteiger partial charge >= 0.3 is 0 Å². The van der Waals surface area contributed by atoms with Crippen LogP contribution in [0.2, 0.25) is 0 Å². The third kappa shape index (κ3) is 3.20. The summed E-state index contributed by atoms with van der Waals surface area (Å²) in [5.41, 5.74) is 3.21. The van der Waals surface area contributed by atoms with Crippen LogP contribution < -0.4 is 5.32 Å². The summed E-state index contributed by atoms with van der Waals surface area (Å²) in [5, 5.41) is 3.16. The van der Waals surface area contributed by atoms with Crippen molar-refractivity contribution in [2.75, 3.05) is 13.3 Å². The smallest absolute Gasteiger partial charge is 0.154 e. The normalized spacial score (nSPS) is 14.5. The van der Waals surface area contributed by atoms with E-state index in [2.05, 4.69) is 21.2 Å². The van der Waals surface area contributed by atoms with Crippen molar-refractivity contribution in [3.8, 4) is 0 Å². The molecule has 19 heavy (non-hydrogen) atoms. The molecule has 1 N–H and O–H groups in total. The number of halogens is 1. The number of rotatable bonds is 4. The average Bonchev–Trinajstić information content (AvgIpc) is 2.24. The minimum atomic E-state index is -3.18. The summed E-state index contributed by atoms with van der Waals surface area (Å²) in [4.78, 5) is 0. The first-order valence-electron chi connectivity index (χ1n) is 6.16. The minimum Gasteiger partial charge on any atom is -0.312 e. The molecular formula is C14H22BrNO2S. The van der Waals surface area contributed by atoms with Gasteiger partial charge in [-0.15, -0.1) is 0 Å². The summed E-state index contributed by atoms with van der Waals surface area (Å²) in [6.07, 6.45) is 1.29. The van der Waals surface area contributed by atoms with Gasteiger partial charge in [-0.05, 0) is 57.5 Å². The van der Waals surface area contributed by atoms with Crippen LogP contribution >= 0.6 is 15.9 Å². The maximum Gasteiger partial charge on any atom is 0.154 e. The molecule has 3 nitrogen and oxygen atoms in total. The molecule has 0 aromatic heterocycles. The standard InChI is InChI=1S/C14H22BrNO2S/c1-9-8-12(15)10(2)7-11(9)13(16-5)14(3,4)19(6,17)18/h7-8,13,16H,1-6H3. The fourth-order valence-corrected chi connectivity index (χ4v) is 3.34. The van der Waals surface area contributed by atoms with Gasteiger partial charge in [0.05, 0.1) is 10.8 Å². The molecule has 0 bridgehead atoms. The third-order valence-electron chi connectivity index (χ3n) is 3.80. The van der Waals surface area contributed by atoms with Gasteiger partial charge in [0.1, 0.15) is 0 Å². The molecule has 0 radical (unpaired) electrons. The van der Waals surface area contributed by atoms with Gasteiger partial charge in [0, 0.05) is 10.7 Å². The molecule has 1 unspecified atom stereocenters. The molecule has 1 aromatic rings. The SMILES string of the molecule is CNC(c1cc(C)c(Br)cc1C)C(C)(C)S(C)(=O)=O.